The van der Waals surface area contributed by atoms with E-state index in [9.17, 15) is 9.59 Å². The van der Waals surface area contributed by atoms with Gasteiger partial charge in [-0.15, -0.1) is 0 Å². The highest BCUT2D eigenvalue weighted by Gasteiger charge is 2.09. The molecule has 0 bridgehead atoms. The molecule has 0 radical (unpaired) electrons. The van der Waals surface area contributed by atoms with Gasteiger partial charge in [0.15, 0.2) is 0 Å². The molecular formula is C19H23N3O2. The first-order valence-electron chi connectivity index (χ1n) is 8.04. The first kappa shape index (κ1) is 17.7. The molecule has 0 aromatic heterocycles. The molecule has 5 nitrogen and oxygen atoms in total. The molecule has 126 valence electrons. The van der Waals surface area contributed by atoms with Crippen molar-refractivity contribution in [2.75, 3.05) is 17.2 Å². The number of carbonyl (C=O) groups is 2. The minimum atomic E-state index is -0.118. The second kappa shape index (κ2) is 8.84. The van der Waals surface area contributed by atoms with Crippen LogP contribution in [-0.2, 0) is 16.1 Å². The lowest BCUT2D eigenvalue weighted by atomic mass is 10.1. The fraction of sp³-hybridized carbons (Fsp3) is 0.263. The van der Waals surface area contributed by atoms with Crippen LogP contribution < -0.4 is 16.0 Å². The van der Waals surface area contributed by atoms with Gasteiger partial charge >= 0.3 is 0 Å². The standard InChI is InChI=1S/C19H23N3O2/c1-3-18(23)21-16-10-7-11-17(14(16)2)22-19(24)13-20-12-15-8-5-4-6-9-15/h4-11,20H,3,12-13H2,1-2H3,(H,21,23)(H,22,24). The van der Waals surface area contributed by atoms with Gasteiger partial charge in [0.1, 0.15) is 0 Å². The molecule has 0 fully saturated rings. The van der Waals surface area contributed by atoms with Crippen molar-refractivity contribution < 1.29 is 9.59 Å². The van der Waals surface area contributed by atoms with Crippen LogP contribution in [0, 0.1) is 6.92 Å². The molecule has 2 amide bonds. The van der Waals surface area contributed by atoms with Crippen LogP contribution in [-0.4, -0.2) is 18.4 Å². The Morgan fingerprint density at radius 1 is 0.875 bits per heavy atom. The summed E-state index contributed by atoms with van der Waals surface area (Å²) in [6.45, 7) is 4.53. The molecule has 2 aromatic carbocycles. The average molecular weight is 325 g/mol. The highest BCUT2D eigenvalue weighted by atomic mass is 16.2. The molecule has 5 heteroatoms. The summed E-state index contributed by atoms with van der Waals surface area (Å²) in [5.74, 6) is -0.167. The van der Waals surface area contributed by atoms with Crippen LogP contribution in [0.2, 0.25) is 0 Å². The number of nitrogens with one attached hydrogen (secondary N) is 3. The van der Waals surface area contributed by atoms with Crippen LogP contribution in [0.25, 0.3) is 0 Å². The van der Waals surface area contributed by atoms with Gasteiger partial charge in [0.25, 0.3) is 0 Å². The molecule has 0 heterocycles. The van der Waals surface area contributed by atoms with Crippen molar-refractivity contribution in [3.8, 4) is 0 Å². The second-order valence-corrected chi connectivity index (χ2v) is 5.52. The van der Waals surface area contributed by atoms with E-state index in [-0.39, 0.29) is 18.4 Å². The van der Waals surface area contributed by atoms with Crippen LogP contribution in [0.5, 0.6) is 0 Å². The van der Waals surface area contributed by atoms with Gasteiger partial charge in [-0.1, -0.05) is 43.3 Å². The SMILES string of the molecule is CCC(=O)Nc1cccc(NC(=O)CNCc2ccccc2)c1C. The number of hydrogen-bond acceptors (Lipinski definition) is 3. The molecule has 0 saturated carbocycles. The number of benzene rings is 2. The third-order valence-electron chi connectivity index (χ3n) is 3.66. The Hall–Kier alpha value is -2.66. The number of rotatable bonds is 7. The van der Waals surface area contributed by atoms with Crippen molar-refractivity contribution in [2.24, 2.45) is 0 Å². The summed E-state index contributed by atoms with van der Waals surface area (Å²) in [6.07, 6.45) is 0.416. The lowest BCUT2D eigenvalue weighted by molar-refractivity contribution is -0.116. The predicted octanol–water partition coefficient (Wildman–Crippen LogP) is 3.07. The zero-order chi connectivity index (χ0) is 17.4. The molecule has 0 saturated heterocycles. The monoisotopic (exact) mass is 325 g/mol. The van der Waals surface area contributed by atoms with Crippen molar-refractivity contribution in [2.45, 2.75) is 26.8 Å². The molecule has 0 aliphatic rings. The van der Waals surface area contributed by atoms with E-state index in [0.717, 1.165) is 16.8 Å². The summed E-state index contributed by atoms with van der Waals surface area (Å²) in [6, 6.07) is 15.4. The van der Waals surface area contributed by atoms with E-state index in [0.29, 0.717) is 18.7 Å². The molecule has 2 aromatic rings. The van der Waals surface area contributed by atoms with Crippen LogP contribution in [0.3, 0.4) is 0 Å². The molecule has 0 unspecified atom stereocenters. The summed E-state index contributed by atoms with van der Waals surface area (Å²) in [4.78, 5) is 23.6. The zero-order valence-corrected chi connectivity index (χ0v) is 14.1. The number of anilines is 2. The third kappa shape index (κ3) is 5.21. The molecule has 24 heavy (non-hydrogen) atoms. The van der Waals surface area contributed by atoms with Gasteiger partial charge in [0.2, 0.25) is 11.8 Å². The van der Waals surface area contributed by atoms with Gasteiger partial charge in [-0.3, -0.25) is 9.59 Å². The zero-order valence-electron chi connectivity index (χ0n) is 14.1. The molecule has 0 aliphatic carbocycles. The Morgan fingerprint density at radius 3 is 2.12 bits per heavy atom. The van der Waals surface area contributed by atoms with Gasteiger partial charge in [-0.2, -0.15) is 0 Å². The minimum Gasteiger partial charge on any atom is -0.326 e. The quantitative estimate of drug-likeness (QED) is 0.733. The number of hydrogen-bond donors (Lipinski definition) is 3. The van der Waals surface area contributed by atoms with E-state index < -0.39 is 0 Å². The topological polar surface area (TPSA) is 70.2 Å². The summed E-state index contributed by atoms with van der Waals surface area (Å²) < 4.78 is 0. The average Bonchev–Trinajstić information content (AvgIpc) is 2.59. The van der Waals surface area contributed by atoms with Crippen molar-refractivity contribution >= 4 is 23.2 Å². The van der Waals surface area contributed by atoms with E-state index in [2.05, 4.69) is 16.0 Å². The van der Waals surface area contributed by atoms with Crippen LogP contribution in [0.15, 0.2) is 48.5 Å². The second-order valence-electron chi connectivity index (χ2n) is 5.52. The van der Waals surface area contributed by atoms with Crippen molar-refractivity contribution in [1.29, 1.82) is 0 Å². The molecule has 0 aliphatic heterocycles. The highest BCUT2D eigenvalue weighted by Crippen LogP contribution is 2.23. The summed E-state index contributed by atoms with van der Waals surface area (Å²) in [7, 11) is 0. The summed E-state index contributed by atoms with van der Waals surface area (Å²) in [5.41, 5.74) is 3.40. The Morgan fingerprint density at radius 2 is 1.50 bits per heavy atom. The maximum Gasteiger partial charge on any atom is 0.238 e. The fourth-order valence-corrected chi connectivity index (χ4v) is 2.26. The number of carbonyl (C=O) groups excluding carboxylic acids is 2. The highest BCUT2D eigenvalue weighted by molar-refractivity contribution is 5.96. The lowest BCUT2D eigenvalue weighted by Crippen LogP contribution is -2.28. The fourth-order valence-electron chi connectivity index (χ4n) is 2.26. The molecule has 2 rings (SSSR count). The van der Waals surface area contributed by atoms with Gasteiger partial charge in [0.05, 0.1) is 6.54 Å². The number of amides is 2. The first-order chi connectivity index (χ1) is 11.6. The molecule has 3 N–H and O–H groups in total. The van der Waals surface area contributed by atoms with Gasteiger partial charge in [-0.25, -0.2) is 0 Å². The first-order valence-corrected chi connectivity index (χ1v) is 8.04. The maximum atomic E-state index is 12.1. The molecule has 0 atom stereocenters. The van der Waals surface area contributed by atoms with E-state index in [4.69, 9.17) is 0 Å². The van der Waals surface area contributed by atoms with Crippen molar-refractivity contribution in [3.63, 3.8) is 0 Å². The van der Waals surface area contributed by atoms with E-state index in [1.54, 1.807) is 6.92 Å². The lowest BCUT2D eigenvalue weighted by Gasteiger charge is -2.13. The van der Waals surface area contributed by atoms with Crippen molar-refractivity contribution in [3.05, 3.63) is 59.7 Å². The Labute approximate surface area is 142 Å². The molecule has 0 spiro atoms. The Bertz CT molecular complexity index is 699. The van der Waals surface area contributed by atoms with E-state index in [1.165, 1.54) is 0 Å². The summed E-state index contributed by atoms with van der Waals surface area (Å²) >= 11 is 0. The van der Waals surface area contributed by atoms with Gasteiger partial charge in [0, 0.05) is 24.3 Å². The predicted molar refractivity (Wildman–Crippen MR) is 96.9 cm³/mol. The largest absolute Gasteiger partial charge is 0.326 e. The maximum absolute atomic E-state index is 12.1. The van der Waals surface area contributed by atoms with Gasteiger partial charge < -0.3 is 16.0 Å². The third-order valence-corrected chi connectivity index (χ3v) is 3.66. The Balaban J connectivity index is 1.89. The van der Waals surface area contributed by atoms with Crippen LogP contribution in [0.4, 0.5) is 11.4 Å². The summed E-state index contributed by atoms with van der Waals surface area (Å²) in [5, 5.41) is 8.82. The van der Waals surface area contributed by atoms with Crippen LogP contribution in [0.1, 0.15) is 24.5 Å². The molecular weight excluding hydrogens is 302 g/mol. The Kier molecular flexibility index (Phi) is 6.51. The van der Waals surface area contributed by atoms with Crippen molar-refractivity contribution in [1.82, 2.24) is 5.32 Å². The smallest absolute Gasteiger partial charge is 0.238 e. The normalized spacial score (nSPS) is 10.2. The van der Waals surface area contributed by atoms with Crippen LogP contribution >= 0.6 is 0 Å². The van der Waals surface area contributed by atoms with Gasteiger partial charge in [-0.05, 0) is 30.2 Å². The van der Waals surface area contributed by atoms with E-state index >= 15 is 0 Å². The van der Waals surface area contributed by atoms with E-state index in [1.807, 2.05) is 55.5 Å². The minimum absolute atomic E-state index is 0.0499.